The molecule has 0 radical (unpaired) electrons. The van der Waals surface area contributed by atoms with Crippen LogP contribution in [0.25, 0.3) is 0 Å². The van der Waals surface area contributed by atoms with Gasteiger partial charge >= 0.3 is 0 Å². The summed E-state index contributed by atoms with van der Waals surface area (Å²) < 4.78 is 31.1. The third-order valence-electron chi connectivity index (χ3n) is 2.08. The molecule has 1 unspecified atom stereocenters. The molecular formula is C10H14ClNO3S. The van der Waals surface area contributed by atoms with E-state index in [9.17, 15) is 8.42 Å². The van der Waals surface area contributed by atoms with Gasteiger partial charge in [-0.05, 0) is 30.7 Å². The van der Waals surface area contributed by atoms with Crippen LogP contribution in [0.4, 0.5) is 5.69 Å². The number of benzene rings is 1. The third kappa shape index (κ3) is 4.00. The lowest BCUT2D eigenvalue weighted by molar-refractivity contribution is 0.467. The second kappa shape index (κ2) is 5.52. The van der Waals surface area contributed by atoms with Crippen molar-refractivity contribution in [3.05, 3.63) is 29.3 Å². The van der Waals surface area contributed by atoms with E-state index in [1.165, 1.54) is 0 Å². The van der Waals surface area contributed by atoms with E-state index >= 15 is 0 Å². The molecule has 0 saturated heterocycles. The first-order valence-corrected chi connectivity index (χ1v) is 6.80. The zero-order valence-corrected chi connectivity index (χ0v) is 10.4. The number of hydrogen-bond acceptors (Lipinski definition) is 3. The second-order valence-electron chi connectivity index (χ2n) is 3.44. The Morgan fingerprint density at radius 2 is 1.94 bits per heavy atom. The first kappa shape index (κ1) is 13.3. The Kier molecular flexibility index (Phi) is 4.58. The Morgan fingerprint density at radius 1 is 1.38 bits per heavy atom. The van der Waals surface area contributed by atoms with Crippen molar-refractivity contribution in [3.8, 4) is 0 Å². The van der Waals surface area contributed by atoms with Crippen LogP contribution in [0.1, 0.15) is 19.8 Å². The molecule has 0 bridgehead atoms. The molecule has 1 atom stereocenters. The van der Waals surface area contributed by atoms with E-state index in [4.69, 9.17) is 16.2 Å². The minimum absolute atomic E-state index is 0.349. The van der Waals surface area contributed by atoms with Gasteiger partial charge in [0, 0.05) is 10.7 Å². The van der Waals surface area contributed by atoms with Crippen molar-refractivity contribution in [1.82, 2.24) is 0 Å². The van der Waals surface area contributed by atoms with Crippen molar-refractivity contribution < 1.29 is 13.0 Å². The zero-order valence-electron chi connectivity index (χ0n) is 8.85. The number of anilines is 1. The van der Waals surface area contributed by atoms with Crippen LogP contribution in [0, 0.1) is 0 Å². The predicted molar refractivity (Wildman–Crippen MR) is 65.3 cm³/mol. The fourth-order valence-electron chi connectivity index (χ4n) is 1.29. The van der Waals surface area contributed by atoms with Gasteiger partial charge in [-0.1, -0.05) is 24.9 Å². The SMILES string of the molecule is CCCC(Nc1ccc(Cl)cc1)S(=O)(=O)O. The standard InChI is InChI=1S/C10H14ClNO3S/c1-2-3-10(16(13,14)15)12-9-6-4-8(11)5-7-9/h4-7,10,12H,2-3H2,1H3,(H,13,14,15). The lowest BCUT2D eigenvalue weighted by Crippen LogP contribution is -2.28. The van der Waals surface area contributed by atoms with Gasteiger partial charge in [-0.2, -0.15) is 8.42 Å². The summed E-state index contributed by atoms with van der Waals surface area (Å²) in [5.41, 5.74) is 0.612. The molecule has 2 N–H and O–H groups in total. The Bertz CT molecular complexity index is 430. The molecule has 0 fully saturated rings. The van der Waals surface area contributed by atoms with Crippen molar-refractivity contribution >= 4 is 27.4 Å². The van der Waals surface area contributed by atoms with Crippen LogP contribution in [0.15, 0.2) is 24.3 Å². The smallest absolute Gasteiger partial charge is 0.286 e. The maximum Gasteiger partial charge on any atom is 0.286 e. The molecule has 1 aromatic rings. The van der Waals surface area contributed by atoms with Crippen LogP contribution in [-0.4, -0.2) is 18.3 Å². The monoisotopic (exact) mass is 263 g/mol. The molecule has 16 heavy (non-hydrogen) atoms. The maximum atomic E-state index is 11.1. The quantitative estimate of drug-likeness (QED) is 0.802. The Labute approximate surface area is 100 Å². The Morgan fingerprint density at radius 3 is 2.38 bits per heavy atom. The molecule has 0 aliphatic rings. The van der Waals surface area contributed by atoms with Crippen molar-refractivity contribution in [3.63, 3.8) is 0 Å². The van der Waals surface area contributed by atoms with Crippen molar-refractivity contribution in [2.24, 2.45) is 0 Å². The number of hydrogen-bond donors (Lipinski definition) is 2. The van der Waals surface area contributed by atoms with E-state index in [0.717, 1.165) is 0 Å². The molecule has 1 aromatic carbocycles. The average Bonchev–Trinajstić information content (AvgIpc) is 2.19. The van der Waals surface area contributed by atoms with Gasteiger partial charge in [0.1, 0.15) is 0 Å². The highest BCUT2D eigenvalue weighted by atomic mass is 35.5. The lowest BCUT2D eigenvalue weighted by Gasteiger charge is -2.16. The molecule has 90 valence electrons. The molecule has 0 heterocycles. The van der Waals surface area contributed by atoms with Gasteiger partial charge in [0.15, 0.2) is 5.37 Å². The van der Waals surface area contributed by atoms with E-state index < -0.39 is 15.5 Å². The highest BCUT2D eigenvalue weighted by Crippen LogP contribution is 2.17. The summed E-state index contributed by atoms with van der Waals surface area (Å²) in [5.74, 6) is 0. The lowest BCUT2D eigenvalue weighted by atomic mass is 10.3. The van der Waals surface area contributed by atoms with Crippen molar-refractivity contribution in [2.45, 2.75) is 25.1 Å². The summed E-state index contributed by atoms with van der Waals surface area (Å²) in [6, 6.07) is 6.63. The molecule has 0 aromatic heterocycles. The van der Waals surface area contributed by atoms with Crippen LogP contribution in [-0.2, 0) is 10.1 Å². The summed E-state index contributed by atoms with van der Waals surface area (Å²) in [5, 5.41) is 2.35. The summed E-state index contributed by atoms with van der Waals surface area (Å²) in [6.07, 6.45) is 1.01. The van der Waals surface area contributed by atoms with Gasteiger partial charge in [0.05, 0.1) is 0 Å². The van der Waals surface area contributed by atoms with E-state index in [0.29, 0.717) is 23.6 Å². The fraction of sp³-hybridized carbons (Fsp3) is 0.400. The highest BCUT2D eigenvalue weighted by Gasteiger charge is 2.21. The number of halogens is 1. The van der Waals surface area contributed by atoms with Gasteiger partial charge in [-0.25, -0.2) is 0 Å². The summed E-state index contributed by atoms with van der Waals surface area (Å²) in [7, 11) is -4.08. The van der Waals surface area contributed by atoms with Crippen molar-refractivity contribution in [1.29, 1.82) is 0 Å². The third-order valence-corrected chi connectivity index (χ3v) is 3.41. The van der Waals surface area contributed by atoms with Crippen LogP contribution in [0.2, 0.25) is 5.02 Å². The van der Waals surface area contributed by atoms with E-state index in [2.05, 4.69) is 5.32 Å². The molecule has 0 aliphatic carbocycles. The summed E-state index contributed by atoms with van der Waals surface area (Å²) in [6.45, 7) is 1.85. The predicted octanol–water partition coefficient (Wildman–Crippen LogP) is 2.77. The molecule has 6 heteroatoms. The Hall–Kier alpha value is -0.780. The highest BCUT2D eigenvalue weighted by molar-refractivity contribution is 7.86. The maximum absolute atomic E-state index is 11.1. The van der Waals surface area contributed by atoms with E-state index in [1.54, 1.807) is 24.3 Å². The van der Waals surface area contributed by atoms with Gasteiger partial charge < -0.3 is 5.32 Å². The number of nitrogens with one attached hydrogen (secondary N) is 1. The fourth-order valence-corrected chi connectivity index (χ4v) is 2.23. The van der Waals surface area contributed by atoms with Gasteiger partial charge in [0.25, 0.3) is 10.1 Å². The molecule has 0 aliphatic heterocycles. The van der Waals surface area contributed by atoms with E-state index in [-0.39, 0.29) is 0 Å². The minimum Gasteiger partial charge on any atom is -0.367 e. The minimum atomic E-state index is -4.08. The van der Waals surface area contributed by atoms with E-state index in [1.807, 2.05) is 6.92 Å². The topological polar surface area (TPSA) is 66.4 Å². The largest absolute Gasteiger partial charge is 0.367 e. The normalized spacial score (nSPS) is 13.4. The van der Waals surface area contributed by atoms with Crippen molar-refractivity contribution in [2.75, 3.05) is 5.32 Å². The zero-order chi connectivity index (χ0) is 12.2. The molecule has 4 nitrogen and oxygen atoms in total. The summed E-state index contributed by atoms with van der Waals surface area (Å²) in [4.78, 5) is 0. The van der Waals surface area contributed by atoms with Crippen LogP contribution in [0.3, 0.4) is 0 Å². The first-order chi connectivity index (χ1) is 7.43. The molecular weight excluding hydrogens is 250 g/mol. The Balaban J connectivity index is 2.80. The summed E-state index contributed by atoms with van der Waals surface area (Å²) >= 11 is 5.70. The average molecular weight is 264 g/mol. The molecule has 0 amide bonds. The molecule has 0 saturated carbocycles. The van der Waals surface area contributed by atoms with Crippen LogP contribution in [0.5, 0.6) is 0 Å². The van der Waals surface area contributed by atoms with Crippen LogP contribution < -0.4 is 5.32 Å². The van der Waals surface area contributed by atoms with Gasteiger partial charge in [-0.3, -0.25) is 4.55 Å². The second-order valence-corrected chi connectivity index (χ2v) is 5.48. The number of rotatable bonds is 5. The molecule has 1 rings (SSSR count). The van der Waals surface area contributed by atoms with Gasteiger partial charge in [0.2, 0.25) is 0 Å². The van der Waals surface area contributed by atoms with Crippen LogP contribution >= 0.6 is 11.6 Å². The first-order valence-electron chi connectivity index (χ1n) is 4.92. The van der Waals surface area contributed by atoms with Gasteiger partial charge in [-0.15, -0.1) is 0 Å². The molecule has 0 spiro atoms.